The van der Waals surface area contributed by atoms with Crippen LogP contribution in [-0.2, 0) is 0 Å². The lowest BCUT2D eigenvalue weighted by atomic mass is 9.96. The number of aromatic nitrogens is 1. The first kappa shape index (κ1) is 17.5. The molecule has 0 radical (unpaired) electrons. The Kier molecular flexibility index (Phi) is 4.61. The minimum Gasteiger partial charge on any atom is -0.384 e. The number of pyridine rings is 1. The van der Waals surface area contributed by atoms with E-state index in [0.717, 1.165) is 13.1 Å². The van der Waals surface area contributed by atoms with Crippen LogP contribution in [0.1, 0.15) is 11.1 Å². The molecule has 1 aliphatic rings. The van der Waals surface area contributed by atoms with Gasteiger partial charge in [0.1, 0.15) is 34.9 Å². The molecule has 8 heteroatoms. The van der Waals surface area contributed by atoms with Gasteiger partial charge in [0.05, 0.1) is 5.69 Å². The number of anilines is 2. The summed E-state index contributed by atoms with van der Waals surface area (Å²) in [6, 6.07) is 8.04. The number of H-pyrrole nitrogens is 1. The maximum atomic E-state index is 14.4. The fraction of sp³-hybridized carbons (Fsp3) is 0.278. The number of likely N-dealkylation sites (N-methyl/N-ethyl adjacent to an activating group) is 1. The molecule has 132 valence electrons. The predicted octanol–water partition coefficient (Wildman–Crippen LogP) is 1.26. The highest BCUT2D eigenvalue weighted by Crippen LogP contribution is 2.32. The van der Waals surface area contributed by atoms with Crippen LogP contribution < -0.4 is 16.2 Å². The summed E-state index contributed by atoms with van der Waals surface area (Å²) < 4.78 is 14.4. The van der Waals surface area contributed by atoms with Gasteiger partial charge in [-0.05, 0) is 24.7 Å². The first-order valence-corrected chi connectivity index (χ1v) is 8.05. The molecule has 0 bridgehead atoms. The monoisotopic (exact) mass is 352 g/mol. The van der Waals surface area contributed by atoms with Crippen LogP contribution in [0.3, 0.4) is 0 Å². The van der Waals surface area contributed by atoms with E-state index >= 15 is 0 Å². The molecule has 1 aliphatic heterocycles. The van der Waals surface area contributed by atoms with Gasteiger partial charge in [-0.2, -0.15) is 10.5 Å². The predicted molar refractivity (Wildman–Crippen MR) is 96.0 cm³/mol. The fourth-order valence-corrected chi connectivity index (χ4v) is 3.09. The molecule has 0 aliphatic carbocycles. The number of nitrogens with zero attached hydrogens (tertiary/aromatic N) is 4. The van der Waals surface area contributed by atoms with E-state index in [-0.39, 0.29) is 22.5 Å². The molecule has 0 saturated carbocycles. The van der Waals surface area contributed by atoms with E-state index in [1.807, 2.05) is 24.1 Å². The minimum absolute atomic E-state index is 0.00270. The summed E-state index contributed by atoms with van der Waals surface area (Å²) in [6.07, 6.45) is 0. The number of halogens is 1. The molecule has 0 amide bonds. The molecular weight excluding hydrogens is 335 g/mol. The number of nitrogen functional groups attached to an aromatic ring is 1. The first-order valence-electron chi connectivity index (χ1n) is 8.05. The average Bonchev–Trinajstić information content (AvgIpc) is 2.62. The number of nitrogens with one attached hydrogen (secondary N) is 1. The van der Waals surface area contributed by atoms with Crippen LogP contribution in [0, 0.1) is 28.5 Å². The second-order valence-electron chi connectivity index (χ2n) is 6.17. The molecule has 1 saturated heterocycles. The van der Waals surface area contributed by atoms with E-state index in [9.17, 15) is 19.7 Å². The van der Waals surface area contributed by atoms with E-state index in [0.29, 0.717) is 24.3 Å². The van der Waals surface area contributed by atoms with Crippen LogP contribution in [0.15, 0.2) is 23.0 Å². The quantitative estimate of drug-likeness (QED) is 0.841. The molecule has 1 aromatic carbocycles. The third-order valence-corrected chi connectivity index (χ3v) is 4.55. The molecule has 2 aromatic rings. The van der Waals surface area contributed by atoms with Crippen molar-refractivity contribution in [3.05, 3.63) is 45.5 Å². The zero-order chi connectivity index (χ0) is 18.8. The molecule has 0 unspecified atom stereocenters. The van der Waals surface area contributed by atoms with Crippen molar-refractivity contribution in [2.75, 3.05) is 43.9 Å². The number of nitriles is 2. The zero-order valence-corrected chi connectivity index (χ0v) is 14.2. The normalized spacial score (nSPS) is 14.7. The minimum atomic E-state index is -0.676. The maximum Gasteiger partial charge on any atom is 0.268 e. The Bertz CT molecular complexity index is 992. The van der Waals surface area contributed by atoms with Crippen LogP contribution >= 0.6 is 0 Å². The molecule has 3 N–H and O–H groups in total. The van der Waals surface area contributed by atoms with Crippen molar-refractivity contribution >= 4 is 11.5 Å². The highest BCUT2D eigenvalue weighted by molar-refractivity contribution is 5.81. The Hall–Kier alpha value is -3.36. The Morgan fingerprint density at radius 3 is 2.42 bits per heavy atom. The van der Waals surface area contributed by atoms with E-state index in [1.165, 1.54) is 12.1 Å². The smallest absolute Gasteiger partial charge is 0.268 e. The maximum absolute atomic E-state index is 14.4. The lowest BCUT2D eigenvalue weighted by molar-refractivity contribution is 0.311. The van der Waals surface area contributed by atoms with E-state index in [2.05, 4.69) is 9.88 Å². The van der Waals surface area contributed by atoms with Crippen molar-refractivity contribution in [3.63, 3.8) is 0 Å². The van der Waals surface area contributed by atoms with Crippen molar-refractivity contribution < 1.29 is 4.39 Å². The summed E-state index contributed by atoms with van der Waals surface area (Å²) in [6.45, 7) is 2.91. The molecule has 1 fully saturated rings. The van der Waals surface area contributed by atoms with Crippen molar-refractivity contribution in [2.24, 2.45) is 0 Å². The molecular formula is C18H17FN6O. The van der Waals surface area contributed by atoms with Crippen molar-refractivity contribution in [1.29, 1.82) is 10.5 Å². The van der Waals surface area contributed by atoms with Gasteiger partial charge in [-0.25, -0.2) is 4.39 Å². The van der Waals surface area contributed by atoms with Crippen LogP contribution in [-0.4, -0.2) is 43.1 Å². The molecule has 2 heterocycles. The second kappa shape index (κ2) is 6.87. The highest BCUT2D eigenvalue weighted by Gasteiger charge is 2.22. The average molecular weight is 352 g/mol. The zero-order valence-electron chi connectivity index (χ0n) is 14.2. The molecule has 0 atom stereocenters. The largest absolute Gasteiger partial charge is 0.384 e. The molecule has 3 rings (SSSR count). The number of aromatic amines is 1. The van der Waals surface area contributed by atoms with E-state index in [1.54, 1.807) is 6.07 Å². The molecule has 7 nitrogen and oxygen atoms in total. The van der Waals surface area contributed by atoms with Gasteiger partial charge in [0.25, 0.3) is 5.56 Å². The topological polar surface area (TPSA) is 113 Å². The molecule has 0 spiro atoms. The standard InChI is InChI=1S/C18H17FN6O/c1-24-4-6-25(7-5-24)15-8-11(2-3-14(15)19)16-12(9-20)17(22)23-18(26)13(16)10-21/h2-3,8H,4-7H2,1H3,(H3,22,23,26). The lowest BCUT2D eigenvalue weighted by Crippen LogP contribution is -2.44. The van der Waals surface area contributed by atoms with Gasteiger partial charge in [-0.3, -0.25) is 4.79 Å². The van der Waals surface area contributed by atoms with Gasteiger partial charge in [0, 0.05) is 31.7 Å². The van der Waals surface area contributed by atoms with Crippen molar-refractivity contribution in [2.45, 2.75) is 0 Å². The van der Waals surface area contributed by atoms with Gasteiger partial charge < -0.3 is 20.5 Å². The third kappa shape index (κ3) is 2.99. The van der Waals surface area contributed by atoms with Crippen molar-refractivity contribution in [1.82, 2.24) is 9.88 Å². The second-order valence-corrected chi connectivity index (χ2v) is 6.17. The lowest BCUT2D eigenvalue weighted by Gasteiger charge is -2.34. The van der Waals surface area contributed by atoms with Gasteiger partial charge >= 0.3 is 0 Å². The fourth-order valence-electron chi connectivity index (χ4n) is 3.09. The van der Waals surface area contributed by atoms with E-state index in [4.69, 9.17) is 5.73 Å². The summed E-state index contributed by atoms with van der Waals surface area (Å²) in [5.41, 5.74) is 5.76. The van der Waals surface area contributed by atoms with Crippen LogP contribution in [0.4, 0.5) is 15.9 Å². The number of nitrogens with two attached hydrogens (primary N) is 1. The third-order valence-electron chi connectivity index (χ3n) is 4.55. The Morgan fingerprint density at radius 2 is 1.81 bits per heavy atom. The summed E-state index contributed by atoms with van der Waals surface area (Å²) in [5, 5.41) is 18.8. The number of hydrogen-bond acceptors (Lipinski definition) is 6. The van der Waals surface area contributed by atoms with E-state index < -0.39 is 11.4 Å². The van der Waals surface area contributed by atoms with Crippen LogP contribution in [0.25, 0.3) is 11.1 Å². The van der Waals surface area contributed by atoms with Crippen molar-refractivity contribution in [3.8, 4) is 23.3 Å². The van der Waals surface area contributed by atoms with Gasteiger partial charge in [0.15, 0.2) is 0 Å². The first-order chi connectivity index (χ1) is 12.5. The molecule has 26 heavy (non-hydrogen) atoms. The summed E-state index contributed by atoms with van der Waals surface area (Å²) in [4.78, 5) is 18.4. The number of hydrogen-bond donors (Lipinski definition) is 2. The summed E-state index contributed by atoms with van der Waals surface area (Å²) >= 11 is 0. The Labute approximate surface area is 149 Å². The van der Waals surface area contributed by atoms with Crippen LogP contribution in [0.2, 0.25) is 0 Å². The molecule has 1 aromatic heterocycles. The Balaban J connectivity index is 2.18. The number of rotatable bonds is 2. The van der Waals surface area contributed by atoms with Gasteiger partial charge in [-0.15, -0.1) is 0 Å². The summed E-state index contributed by atoms with van der Waals surface area (Å²) in [5.74, 6) is -0.509. The van der Waals surface area contributed by atoms with Crippen LogP contribution in [0.5, 0.6) is 0 Å². The summed E-state index contributed by atoms with van der Waals surface area (Å²) in [7, 11) is 2.00. The number of piperazine rings is 1. The van der Waals surface area contributed by atoms with Gasteiger partial charge in [0.2, 0.25) is 0 Å². The Morgan fingerprint density at radius 1 is 1.15 bits per heavy atom. The SMILES string of the molecule is CN1CCN(c2cc(-c3c(C#N)c(N)[nH]c(=O)c3C#N)ccc2F)CC1. The van der Waals surface area contributed by atoms with Gasteiger partial charge in [-0.1, -0.05) is 6.07 Å². The number of benzene rings is 1. The highest BCUT2D eigenvalue weighted by atomic mass is 19.1.